The SMILES string of the molecule is Cc1cc(C)nc(NS(=O)(=O)c2ccc(CC(C)C)cc2)n1. The Morgan fingerprint density at radius 2 is 1.59 bits per heavy atom. The van der Waals surface area contributed by atoms with Gasteiger partial charge in [-0.1, -0.05) is 26.0 Å². The van der Waals surface area contributed by atoms with Gasteiger partial charge in [-0.05, 0) is 49.9 Å². The fourth-order valence-corrected chi connectivity index (χ4v) is 3.17. The Morgan fingerprint density at radius 1 is 1.05 bits per heavy atom. The molecule has 1 N–H and O–H groups in total. The molecule has 2 aromatic rings. The molecule has 0 aliphatic carbocycles. The summed E-state index contributed by atoms with van der Waals surface area (Å²) < 4.78 is 27.2. The average Bonchev–Trinajstić information content (AvgIpc) is 2.36. The van der Waals surface area contributed by atoms with Crippen molar-refractivity contribution in [2.75, 3.05) is 4.72 Å². The van der Waals surface area contributed by atoms with Crippen LogP contribution in [0.4, 0.5) is 5.95 Å². The average molecular weight is 319 g/mol. The highest BCUT2D eigenvalue weighted by Crippen LogP contribution is 2.16. The van der Waals surface area contributed by atoms with Crippen molar-refractivity contribution in [3.63, 3.8) is 0 Å². The van der Waals surface area contributed by atoms with Gasteiger partial charge in [0.25, 0.3) is 10.0 Å². The summed E-state index contributed by atoms with van der Waals surface area (Å²) in [4.78, 5) is 8.41. The van der Waals surface area contributed by atoms with Gasteiger partial charge < -0.3 is 0 Å². The van der Waals surface area contributed by atoms with Crippen LogP contribution in [0, 0.1) is 19.8 Å². The lowest BCUT2D eigenvalue weighted by Crippen LogP contribution is -2.15. The number of aryl methyl sites for hydroxylation is 2. The minimum Gasteiger partial charge on any atom is -0.247 e. The molecule has 0 radical (unpaired) electrons. The number of hydrogen-bond acceptors (Lipinski definition) is 4. The first kappa shape index (κ1) is 16.4. The summed E-state index contributed by atoms with van der Waals surface area (Å²) in [7, 11) is -3.67. The third-order valence-electron chi connectivity index (χ3n) is 3.09. The first-order chi connectivity index (χ1) is 10.3. The molecule has 1 aromatic carbocycles. The summed E-state index contributed by atoms with van der Waals surface area (Å²) in [6.45, 7) is 7.85. The molecule has 0 saturated carbocycles. The van der Waals surface area contributed by atoms with Gasteiger partial charge in [0, 0.05) is 11.4 Å². The molecule has 2 rings (SSSR count). The predicted molar refractivity (Wildman–Crippen MR) is 87.3 cm³/mol. The van der Waals surface area contributed by atoms with Crippen LogP contribution in [0.2, 0.25) is 0 Å². The maximum Gasteiger partial charge on any atom is 0.264 e. The van der Waals surface area contributed by atoms with E-state index in [2.05, 4.69) is 28.5 Å². The minimum atomic E-state index is -3.67. The van der Waals surface area contributed by atoms with Crippen LogP contribution in [0.1, 0.15) is 30.8 Å². The number of nitrogens with zero attached hydrogens (tertiary/aromatic N) is 2. The molecular weight excluding hydrogens is 298 g/mol. The van der Waals surface area contributed by atoms with Gasteiger partial charge in [0.2, 0.25) is 5.95 Å². The monoisotopic (exact) mass is 319 g/mol. The van der Waals surface area contributed by atoms with E-state index in [0.717, 1.165) is 23.4 Å². The van der Waals surface area contributed by atoms with Gasteiger partial charge in [-0.25, -0.2) is 23.1 Å². The Balaban J connectivity index is 2.22. The summed E-state index contributed by atoms with van der Waals surface area (Å²) in [5, 5.41) is 0. The highest BCUT2D eigenvalue weighted by molar-refractivity contribution is 7.92. The van der Waals surface area contributed by atoms with Gasteiger partial charge in [0.1, 0.15) is 0 Å². The molecule has 6 heteroatoms. The van der Waals surface area contributed by atoms with Crippen molar-refractivity contribution in [2.45, 2.75) is 39.0 Å². The zero-order valence-electron chi connectivity index (χ0n) is 13.3. The van der Waals surface area contributed by atoms with Gasteiger partial charge >= 0.3 is 0 Å². The zero-order valence-corrected chi connectivity index (χ0v) is 14.1. The molecule has 0 aliphatic rings. The molecule has 0 bridgehead atoms. The molecule has 0 spiro atoms. The van der Waals surface area contributed by atoms with Crippen LogP contribution in [-0.4, -0.2) is 18.4 Å². The van der Waals surface area contributed by atoms with Gasteiger partial charge in [0.15, 0.2) is 0 Å². The number of aromatic nitrogens is 2. The highest BCUT2D eigenvalue weighted by atomic mass is 32.2. The highest BCUT2D eigenvalue weighted by Gasteiger charge is 2.16. The first-order valence-corrected chi connectivity index (χ1v) is 8.68. The standard InChI is InChI=1S/C16H21N3O2S/c1-11(2)9-14-5-7-15(8-6-14)22(20,21)19-16-17-12(3)10-13(4)18-16/h5-8,10-11H,9H2,1-4H3,(H,17,18,19). The second kappa shape index (κ2) is 6.44. The molecule has 1 heterocycles. The third kappa shape index (κ3) is 4.27. The summed E-state index contributed by atoms with van der Waals surface area (Å²) in [6.07, 6.45) is 0.925. The van der Waals surface area contributed by atoms with Crippen LogP contribution in [0.15, 0.2) is 35.2 Å². The van der Waals surface area contributed by atoms with Crippen LogP contribution < -0.4 is 4.72 Å². The lowest BCUT2D eigenvalue weighted by atomic mass is 10.0. The van der Waals surface area contributed by atoms with Crippen molar-refractivity contribution >= 4 is 16.0 Å². The second-order valence-corrected chi connectivity index (χ2v) is 7.50. The second-order valence-electron chi connectivity index (χ2n) is 5.82. The molecule has 1 aromatic heterocycles. The first-order valence-electron chi connectivity index (χ1n) is 7.20. The molecule has 0 amide bonds. The third-order valence-corrected chi connectivity index (χ3v) is 4.43. The van der Waals surface area contributed by atoms with E-state index in [4.69, 9.17) is 0 Å². The Morgan fingerprint density at radius 3 is 2.09 bits per heavy atom. The molecular formula is C16H21N3O2S. The molecule has 5 nitrogen and oxygen atoms in total. The topological polar surface area (TPSA) is 72.0 Å². The molecule has 0 unspecified atom stereocenters. The minimum absolute atomic E-state index is 0.101. The van der Waals surface area contributed by atoms with Gasteiger partial charge in [-0.3, -0.25) is 0 Å². The Labute approximate surface area is 131 Å². The van der Waals surface area contributed by atoms with E-state index in [1.807, 2.05) is 12.1 Å². The van der Waals surface area contributed by atoms with Gasteiger partial charge in [-0.2, -0.15) is 0 Å². The van der Waals surface area contributed by atoms with Crippen molar-refractivity contribution in [3.05, 3.63) is 47.3 Å². The fraction of sp³-hybridized carbons (Fsp3) is 0.375. The van der Waals surface area contributed by atoms with Gasteiger partial charge in [0.05, 0.1) is 4.90 Å². The fourth-order valence-electron chi connectivity index (χ4n) is 2.23. The molecule has 0 fully saturated rings. The van der Waals surface area contributed by atoms with E-state index in [1.54, 1.807) is 32.0 Å². The number of sulfonamides is 1. The molecule has 0 saturated heterocycles. The van der Waals surface area contributed by atoms with Crippen molar-refractivity contribution in [1.82, 2.24) is 9.97 Å². The predicted octanol–water partition coefficient (Wildman–Crippen LogP) is 3.09. The Kier molecular flexibility index (Phi) is 4.81. The van der Waals surface area contributed by atoms with Crippen LogP contribution >= 0.6 is 0 Å². The van der Waals surface area contributed by atoms with Crippen LogP contribution in [-0.2, 0) is 16.4 Å². The Hall–Kier alpha value is -1.95. The molecule has 118 valence electrons. The summed E-state index contributed by atoms with van der Waals surface area (Å²) in [6, 6.07) is 8.71. The zero-order chi connectivity index (χ0) is 16.3. The van der Waals surface area contributed by atoms with Crippen LogP contribution in [0.5, 0.6) is 0 Å². The number of anilines is 1. The number of benzene rings is 1. The van der Waals surface area contributed by atoms with Crippen molar-refractivity contribution in [3.8, 4) is 0 Å². The number of nitrogens with one attached hydrogen (secondary N) is 1. The Bertz CT molecular complexity index is 733. The number of rotatable bonds is 5. The van der Waals surface area contributed by atoms with E-state index >= 15 is 0 Å². The lowest BCUT2D eigenvalue weighted by Gasteiger charge is -2.09. The molecule has 0 aliphatic heterocycles. The van der Waals surface area contributed by atoms with E-state index in [1.165, 1.54) is 0 Å². The van der Waals surface area contributed by atoms with Crippen molar-refractivity contribution in [1.29, 1.82) is 0 Å². The number of hydrogen-bond donors (Lipinski definition) is 1. The maximum atomic E-state index is 12.4. The summed E-state index contributed by atoms with van der Waals surface area (Å²) >= 11 is 0. The molecule has 0 atom stereocenters. The quantitative estimate of drug-likeness (QED) is 0.919. The largest absolute Gasteiger partial charge is 0.264 e. The molecule has 22 heavy (non-hydrogen) atoms. The van der Waals surface area contributed by atoms with Gasteiger partial charge in [-0.15, -0.1) is 0 Å². The summed E-state index contributed by atoms with van der Waals surface area (Å²) in [5.41, 5.74) is 2.56. The van der Waals surface area contributed by atoms with E-state index in [9.17, 15) is 8.42 Å². The van der Waals surface area contributed by atoms with E-state index in [0.29, 0.717) is 5.92 Å². The van der Waals surface area contributed by atoms with E-state index < -0.39 is 10.0 Å². The van der Waals surface area contributed by atoms with Crippen molar-refractivity contribution in [2.24, 2.45) is 5.92 Å². The van der Waals surface area contributed by atoms with E-state index in [-0.39, 0.29) is 10.8 Å². The van der Waals surface area contributed by atoms with Crippen LogP contribution in [0.25, 0.3) is 0 Å². The summed E-state index contributed by atoms with van der Waals surface area (Å²) in [5.74, 6) is 0.632. The van der Waals surface area contributed by atoms with Crippen LogP contribution in [0.3, 0.4) is 0 Å². The normalized spacial score (nSPS) is 11.7. The maximum absolute atomic E-state index is 12.4. The van der Waals surface area contributed by atoms with Crippen molar-refractivity contribution < 1.29 is 8.42 Å². The smallest absolute Gasteiger partial charge is 0.247 e. The lowest BCUT2D eigenvalue weighted by molar-refractivity contribution is 0.600.